The molecule has 0 aliphatic carbocycles. The van der Waals surface area contributed by atoms with Crippen molar-refractivity contribution in [2.45, 2.75) is 11.8 Å². The summed E-state index contributed by atoms with van der Waals surface area (Å²) in [6, 6.07) is 22.5. The van der Waals surface area contributed by atoms with E-state index < -0.39 is 21.8 Å². The molecular formula is C25H22N4O5S. The number of carbonyl (C=O) groups excluding carboxylic acids is 2. The molecule has 0 aliphatic heterocycles. The number of aromatic nitrogens is 1. The lowest BCUT2D eigenvalue weighted by Gasteiger charge is -2.11. The van der Waals surface area contributed by atoms with E-state index in [1.165, 1.54) is 24.3 Å². The maximum Gasteiger partial charge on any atom is 0.288 e. The largest absolute Gasteiger partial charge is 0.494 e. The second-order valence-corrected chi connectivity index (χ2v) is 9.07. The second-order valence-electron chi connectivity index (χ2n) is 7.39. The van der Waals surface area contributed by atoms with E-state index >= 15 is 0 Å². The molecule has 0 saturated heterocycles. The number of pyridine rings is 1. The van der Waals surface area contributed by atoms with Crippen LogP contribution in [0.1, 0.15) is 27.8 Å². The van der Waals surface area contributed by atoms with Gasteiger partial charge in [0.15, 0.2) is 0 Å². The zero-order valence-corrected chi connectivity index (χ0v) is 19.5. The molecule has 0 unspecified atom stereocenters. The Labute approximate surface area is 202 Å². The molecule has 4 aromatic rings. The fourth-order valence-corrected chi connectivity index (χ4v) is 4.35. The van der Waals surface area contributed by atoms with Crippen molar-refractivity contribution in [3.8, 4) is 5.75 Å². The lowest BCUT2D eigenvalue weighted by molar-refractivity contribution is 0.0844. The lowest BCUT2D eigenvalue weighted by Crippen LogP contribution is -2.42. The minimum atomic E-state index is -3.96. The van der Waals surface area contributed by atoms with Crippen molar-refractivity contribution in [1.82, 2.24) is 15.8 Å². The Hall–Kier alpha value is -4.44. The van der Waals surface area contributed by atoms with Gasteiger partial charge in [-0.1, -0.05) is 30.3 Å². The van der Waals surface area contributed by atoms with E-state index in [1.54, 1.807) is 42.5 Å². The van der Waals surface area contributed by atoms with Crippen molar-refractivity contribution in [2.75, 3.05) is 11.3 Å². The summed E-state index contributed by atoms with van der Waals surface area (Å²) in [4.78, 5) is 29.1. The molecule has 2 amide bonds. The fourth-order valence-electron chi connectivity index (χ4n) is 3.25. The number of nitrogens with one attached hydrogen (secondary N) is 3. The van der Waals surface area contributed by atoms with Gasteiger partial charge in [-0.2, -0.15) is 0 Å². The molecule has 3 N–H and O–H groups in total. The smallest absolute Gasteiger partial charge is 0.288 e. The summed E-state index contributed by atoms with van der Waals surface area (Å²) in [6.45, 7) is 2.35. The first-order valence-corrected chi connectivity index (χ1v) is 12.2. The number of hydrogen-bond donors (Lipinski definition) is 3. The third-order valence-corrected chi connectivity index (χ3v) is 6.32. The number of para-hydroxylation sites is 1. The predicted molar refractivity (Wildman–Crippen MR) is 132 cm³/mol. The molecule has 0 saturated carbocycles. The fraction of sp³-hybridized carbons (Fsp3) is 0.0800. The number of carbonyl (C=O) groups is 2. The molecule has 1 aromatic heterocycles. The lowest BCUT2D eigenvalue weighted by atomic mass is 10.2. The van der Waals surface area contributed by atoms with Crippen LogP contribution in [0.5, 0.6) is 5.75 Å². The quantitative estimate of drug-likeness (QED) is 0.340. The van der Waals surface area contributed by atoms with Crippen molar-refractivity contribution < 1.29 is 22.7 Å². The standard InChI is InChI=1S/C25H22N4O5S/c1-2-34-20-13-11-19(12-14-20)29-35(32,33)21-8-5-7-18(16-21)24(30)27-28-25(31)23-15-10-17-6-3-4-9-22(17)26-23/h3-16,29H,2H2,1H3,(H,27,30)(H,28,31). The zero-order valence-electron chi connectivity index (χ0n) is 18.7. The van der Waals surface area contributed by atoms with Gasteiger partial charge < -0.3 is 4.74 Å². The Bertz CT molecular complexity index is 1490. The first-order valence-electron chi connectivity index (χ1n) is 10.7. The summed E-state index contributed by atoms with van der Waals surface area (Å²) in [7, 11) is -3.96. The van der Waals surface area contributed by atoms with Crippen LogP contribution >= 0.6 is 0 Å². The van der Waals surface area contributed by atoms with E-state index in [0.29, 0.717) is 23.6 Å². The van der Waals surface area contributed by atoms with Gasteiger partial charge in [-0.25, -0.2) is 13.4 Å². The van der Waals surface area contributed by atoms with Crippen LogP contribution < -0.4 is 20.3 Å². The first kappa shape index (κ1) is 23.7. The maximum absolute atomic E-state index is 12.8. The number of anilines is 1. The third kappa shape index (κ3) is 5.74. The summed E-state index contributed by atoms with van der Waals surface area (Å²) in [5, 5.41) is 0.880. The topological polar surface area (TPSA) is 126 Å². The summed E-state index contributed by atoms with van der Waals surface area (Å²) >= 11 is 0. The summed E-state index contributed by atoms with van der Waals surface area (Å²) in [5.41, 5.74) is 5.74. The molecule has 0 bridgehead atoms. The van der Waals surface area contributed by atoms with Crippen LogP contribution in [0.2, 0.25) is 0 Å². The molecule has 10 heteroatoms. The molecule has 0 spiro atoms. The van der Waals surface area contributed by atoms with Gasteiger partial charge in [-0.3, -0.25) is 25.2 Å². The second kappa shape index (κ2) is 10.2. The Morgan fingerprint density at radius 1 is 0.857 bits per heavy atom. The van der Waals surface area contributed by atoms with E-state index in [1.807, 2.05) is 25.1 Å². The van der Waals surface area contributed by atoms with E-state index in [9.17, 15) is 18.0 Å². The summed E-state index contributed by atoms with van der Waals surface area (Å²) < 4.78 is 33.4. The molecule has 0 fully saturated rings. The van der Waals surface area contributed by atoms with Crippen molar-refractivity contribution in [2.24, 2.45) is 0 Å². The minimum Gasteiger partial charge on any atom is -0.494 e. The highest BCUT2D eigenvalue weighted by Gasteiger charge is 2.17. The number of hydrazine groups is 1. The van der Waals surface area contributed by atoms with Gasteiger partial charge in [0.1, 0.15) is 11.4 Å². The van der Waals surface area contributed by atoms with Crippen molar-refractivity contribution in [3.63, 3.8) is 0 Å². The van der Waals surface area contributed by atoms with Gasteiger partial charge in [0.05, 0.1) is 17.0 Å². The zero-order chi connectivity index (χ0) is 24.8. The monoisotopic (exact) mass is 490 g/mol. The summed E-state index contributed by atoms with van der Waals surface area (Å²) in [5.74, 6) is -0.669. The molecule has 1 heterocycles. The molecule has 4 rings (SSSR count). The highest BCUT2D eigenvalue weighted by atomic mass is 32.2. The van der Waals surface area contributed by atoms with Crippen LogP contribution in [0.3, 0.4) is 0 Å². The van der Waals surface area contributed by atoms with Crippen LogP contribution in [0.4, 0.5) is 5.69 Å². The van der Waals surface area contributed by atoms with E-state index in [0.717, 1.165) is 5.39 Å². The van der Waals surface area contributed by atoms with Crippen LogP contribution in [0, 0.1) is 0 Å². The molecule has 9 nitrogen and oxygen atoms in total. The third-order valence-electron chi connectivity index (χ3n) is 4.94. The van der Waals surface area contributed by atoms with Crippen LogP contribution in [-0.4, -0.2) is 31.8 Å². The number of amides is 2. The molecule has 0 radical (unpaired) electrons. The van der Waals surface area contributed by atoms with Gasteiger partial charge in [0.2, 0.25) is 0 Å². The SMILES string of the molecule is CCOc1ccc(NS(=O)(=O)c2cccc(C(=O)NNC(=O)c3ccc4ccccc4n3)c2)cc1. The van der Waals surface area contributed by atoms with E-state index in [2.05, 4.69) is 20.6 Å². The molecular weight excluding hydrogens is 468 g/mol. The van der Waals surface area contributed by atoms with Crippen LogP contribution in [0.15, 0.2) is 89.8 Å². The average Bonchev–Trinajstić information content (AvgIpc) is 2.88. The molecule has 0 aliphatic rings. The maximum atomic E-state index is 12.8. The van der Waals surface area contributed by atoms with Gasteiger partial charge in [-0.05, 0) is 61.5 Å². The van der Waals surface area contributed by atoms with Crippen molar-refractivity contribution >= 4 is 38.4 Å². The van der Waals surface area contributed by atoms with Gasteiger partial charge >= 0.3 is 0 Å². The Morgan fingerprint density at radius 2 is 1.60 bits per heavy atom. The molecule has 178 valence electrons. The number of ether oxygens (including phenoxy) is 1. The van der Waals surface area contributed by atoms with E-state index in [-0.39, 0.29) is 16.2 Å². The van der Waals surface area contributed by atoms with Crippen molar-refractivity contribution in [3.05, 3.63) is 96.2 Å². The number of fused-ring (bicyclic) bond motifs is 1. The molecule has 3 aromatic carbocycles. The molecule has 0 atom stereocenters. The Kier molecular flexibility index (Phi) is 6.93. The highest BCUT2D eigenvalue weighted by molar-refractivity contribution is 7.92. The van der Waals surface area contributed by atoms with Crippen LogP contribution in [-0.2, 0) is 10.0 Å². The van der Waals surface area contributed by atoms with Crippen LogP contribution in [0.25, 0.3) is 10.9 Å². The first-order chi connectivity index (χ1) is 16.9. The van der Waals surface area contributed by atoms with Crippen molar-refractivity contribution in [1.29, 1.82) is 0 Å². The average molecular weight is 491 g/mol. The number of nitrogens with zero attached hydrogens (tertiary/aromatic N) is 1. The highest BCUT2D eigenvalue weighted by Crippen LogP contribution is 2.20. The summed E-state index contributed by atoms with van der Waals surface area (Å²) in [6.07, 6.45) is 0. The molecule has 35 heavy (non-hydrogen) atoms. The predicted octanol–water partition coefficient (Wildman–Crippen LogP) is 3.51. The number of rotatable bonds is 7. The Balaban J connectivity index is 1.42. The van der Waals surface area contributed by atoms with Gasteiger partial charge in [-0.15, -0.1) is 0 Å². The number of hydrogen-bond acceptors (Lipinski definition) is 6. The van der Waals surface area contributed by atoms with Gasteiger partial charge in [0, 0.05) is 16.6 Å². The van der Waals surface area contributed by atoms with Gasteiger partial charge in [0.25, 0.3) is 21.8 Å². The number of benzene rings is 3. The minimum absolute atomic E-state index is 0.0475. The normalized spacial score (nSPS) is 11.0. The number of sulfonamides is 1. The Morgan fingerprint density at radius 3 is 2.37 bits per heavy atom. The van der Waals surface area contributed by atoms with E-state index in [4.69, 9.17) is 4.74 Å².